The predicted molar refractivity (Wildman–Crippen MR) is 87.2 cm³/mol. The van der Waals surface area contributed by atoms with Crippen LogP contribution >= 0.6 is 0 Å². The van der Waals surface area contributed by atoms with Gasteiger partial charge in [0.1, 0.15) is 16.4 Å². The van der Waals surface area contributed by atoms with Gasteiger partial charge in [-0.05, 0) is 35.9 Å². The number of aromatic hydroxyl groups is 2. The first kappa shape index (κ1) is 17.4. The topological polar surface area (TPSA) is 117 Å². The summed E-state index contributed by atoms with van der Waals surface area (Å²) in [5, 5.41) is 22.2. The van der Waals surface area contributed by atoms with Crippen molar-refractivity contribution in [2.75, 3.05) is 14.2 Å². The quantitative estimate of drug-likeness (QED) is 0.411. The van der Waals surface area contributed by atoms with E-state index < -0.39 is 10.0 Å². The van der Waals surface area contributed by atoms with Crippen LogP contribution in [0.3, 0.4) is 0 Å². The van der Waals surface area contributed by atoms with Crippen LogP contribution in [-0.2, 0) is 10.0 Å². The summed E-state index contributed by atoms with van der Waals surface area (Å²) < 4.78 is 34.6. The Bertz CT molecular complexity index is 864. The molecule has 3 N–H and O–H groups in total. The first-order valence-electron chi connectivity index (χ1n) is 6.66. The number of phenolic OH excluding ortho intramolecular Hbond substituents is 2. The number of nitrogens with one attached hydrogen (secondary N) is 1. The van der Waals surface area contributed by atoms with Gasteiger partial charge in [0.05, 0.1) is 20.4 Å². The average Bonchev–Trinajstić information content (AvgIpc) is 2.57. The molecule has 0 aromatic heterocycles. The molecule has 0 unspecified atom stereocenters. The van der Waals surface area contributed by atoms with Gasteiger partial charge in [0.2, 0.25) is 0 Å². The third-order valence-electron chi connectivity index (χ3n) is 3.05. The maximum Gasteiger partial charge on any atom is 0.280 e. The largest absolute Gasteiger partial charge is 0.504 e. The molecule has 0 radical (unpaired) electrons. The number of sulfonamides is 1. The molecule has 0 amide bonds. The molecule has 0 aliphatic carbocycles. The molecule has 0 heterocycles. The Labute approximate surface area is 139 Å². The van der Waals surface area contributed by atoms with Crippen LogP contribution in [-0.4, -0.2) is 39.1 Å². The molecule has 128 valence electrons. The summed E-state index contributed by atoms with van der Waals surface area (Å²) in [7, 11) is -1.16. The fourth-order valence-electron chi connectivity index (χ4n) is 1.84. The highest BCUT2D eigenvalue weighted by molar-refractivity contribution is 7.89. The highest BCUT2D eigenvalue weighted by Gasteiger charge is 2.19. The van der Waals surface area contributed by atoms with Crippen molar-refractivity contribution in [3.05, 3.63) is 42.0 Å². The number of ether oxygens (including phenoxy) is 2. The highest BCUT2D eigenvalue weighted by atomic mass is 32.2. The lowest BCUT2D eigenvalue weighted by Crippen LogP contribution is -2.19. The van der Waals surface area contributed by atoms with E-state index in [4.69, 9.17) is 9.47 Å². The van der Waals surface area contributed by atoms with Crippen molar-refractivity contribution in [3.8, 4) is 23.0 Å². The van der Waals surface area contributed by atoms with E-state index in [0.29, 0.717) is 11.3 Å². The van der Waals surface area contributed by atoms with E-state index in [1.165, 1.54) is 56.8 Å². The van der Waals surface area contributed by atoms with Crippen molar-refractivity contribution in [2.45, 2.75) is 4.90 Å². The summed E-state index contributed by atoms with van der Waals surface area (Å²) in [5.41, 5.74) is 0.398. The first-order valence-corrected chi connectivity index (χ1v) is 8.14. The van der Waals surface area contributed by atoms with Crippen molar-refractivity contribution >= 4 is 16.2 Å². The van der Waals surface area contributed by atoms with E-state index in [0.717, 1.165) is 0 Å². The second kappa shape index (κ2) is 7.09. The minimum atomic E-state index is -3.96. The van der Waals surface area contributed by atoms with E-state index in [1.807, 2.05) is 4.83 Å². The van der Waals surface area contributed by atoms with Crippen molar-refractivity contribution in [3.63, 3.8) is 0 Å². The van der Waals surface area contributed by atoms with Crippen molar-refractivity contribution in [1.29, 1.82) is 0 Å². The van der Waals surface area contributed by atoms with Gasteiger partial charge < -0.3 is 19.7 Å². The van der Waals surface area contributed by atoms with Gasteiger partial charge in [0, 0.05) is 6.07 Å². The maximum atomic E-state index is 12.3. The van der Waals surface area contributed by atoms with Gasteiger partial charge in [-0.15, -0.1) is 0 Å². The van der Waals surface area contributed by atoms with Gasteiger partial charge in [-0.1, -0.05) is 0 Å². The summed E-state index contributed by atoms with van der Waals surface area (Å²) in [5.74, 6) is -0.0532. The third-order valence-corrected chi connectivity index (χ3v) is 4.31. The summed E-state index contributed by atoms with van der Waals surface area (Å²) in [4.78, 5) is 1.95. The number of hydrazone groups is 1. The molecule has 0 aliphatic rings. The monoisotopic (exact) mass is 352 g/mol. The lowest BCUT2D eigenvalue weighted by Gasteiger charge is -2.10. The number of rotatable bonds is 6. The van der Waals surface area contributed by atoms with Gasteiger partial charge in [-0.3, -0.25) is 0 Å². The number of nitrogens with zero attached hydrogens (tertiary/aromatic N) is 1. The Morgan fingerprint density at radius 1 is 1.04 bits per heavy atom. The van der Waals surface area contributed by atoms with Crippen LogP contribution in [0.2, 0.25) is 0 Å². The normalized spacial score (nSPS) is 11.4. The zero-order chi connectivity index (χ0) is 17.7. The molecule has 24 heavy (non-hydrogen) atoms. The number of hydrogen-bond acceptors (Lipinski definition) is 7. The lowest BCUT2D eigenvalue weighted by molar-refractivity contribution is 0.386. The molecule has 0 fully saturated rings. The zero-order valence-electron chi connectivity index (χ0n) is 12.9. The molecule has 0 bridgehead atoms. The molecule has 0 aliphatic heterocycles. The fourth-order valence-corrected chi connectivity index (χ4v) is 2.78. The Kier molecular flexibility index (Phi) is 5.14. The number of hydrogen-bond donors (Lipinski definition) is 3. The lowest BCUT2D eigenvalue weighted by atomic mass is 10.2. The summed E-state index contributed by atoms with van der Waals surface area (Å²) in [6.45, 7) is 0. The zero-order valence-corrected chi connectivity index (χ0v) is 13.7. The number of methoxy groups -OCH3 is 2. The SMILES string of the molecule is COc1ccc(S(=O)(=O)N/N=C\c2ccc(O)c(O)c2)c(OC)c1. The fraction of sp³-hybridized carbons (Fsp3) is 0.133. The number of phenols is 2. The smallest absolute Gasteiger partial charge is 0.280 e. The van der Waals surface area contributed by atoms with E-state index in [9.17, 15) is 18.6 Å². The second-order valence-electron chi connectivity index (χ2n) is 4.62. The van der Waals surface area contributed by atoms with Crippen molar-refractivity contribution in [2.24, 2.45) is 5.10 Å². The Balaban J connectivity index is 2.22. The van der Waals surface area contributed by atoms with Crippen LogP contribution in [0.25, 0.3) is 0 Å². The average molecular weight is 352 g/mol. The molecule has 2 aromatic carbocycles. The third kappa shape index (κ3) is 3.87. The predicted octanol–water partition coefficient (Wildman–Crippen LogP) is 1.43. The molecule has 0 atom stereocenters. The van der Waals surface area contributed by atoms with Crippen LogP contribution in [0.1, 0.15) is 5.56 Å². The van der Waals surface area contributed by atoms with E-state index >= 15 is 0 Å². The molecule has 0 saturated heterocycles. The van der Waals surface area contributed by atoms with E-state index in [-0.39, 0.29) is 22.1 Å². The Hall–Kier alpha value is -2.94. The van der Waals surface area contributed by atoms with Crippen LogP contribution < -0.4 is 14.3 Å². The molecule has 0 spiro atoms. The molecular formula is C15H16N2O6S. The highest BCUT2D eigenvalue weighted by Crippen LogP contribution is 2.28. The Morgan fingerprint density at radius 3 is 2.42 bits per heavy atom. The second-order valence-corrected chi connectivity index (χ2v) is 6.25. The minimum absolute atomic E-state index is 0.100. The summed E-state index contributed by atoms with van der Waals surface area (Å²) in [6.07, 6.45) is 1.19. The van der Waals surface area contributed by atoms with E-state index in [2.05, 4.69) is 5.10 Å². The minimum Gasteiger partial charge on any atom is -0.504 e. The molecular weight excluding hydrogens is 336 g/mol. The molecule has 2 aromatic rings. The van der Waals surface area contributed by atoms with Gasteiger partial charge in [-0.25, -0.2) is 0 Å². The first-order chi connectivity index (χ1) is 11.4. The number of benzene rings is 2. The van der Waals surface area contributed by atoms with Gasteiger partial charge in [0.15, 0.2) is 11.5 Å². The molecule has 0 saturated carbocycles. The van der Waals surface area contributed by atoms with Crippen LogP contribution in [0, 0.1) is 0 Å². The summed E-state index contributed by atoms with van der Waals surface area (Å²) in [6, 6.07) is 8.22. The standard InChI is InChI=1S/C15H16N2O6S/c1-22-11-4-6-15(14(8-11)23-2)24(20,21)17-16-9-10-3-5-12(18)13(19)7-10/h3-9,17-19H,1-2H3/b16-9-. The van der Waals surface area contributed by atoms with Gasteiger partial charge in [-0.2, -0.15) is 18.4 Å². The molecule has 9 heteroatoms. The Morgan fingerprint density at radius 2 is 1.79 bits per heavy atom. The summed E-state index contributed by atoms with van der Waals surface area (Å²) >= 11 is 0. The van der Waals surface area contributed by atoms with Crippen molar-refractivity contribution in [1.82, 2.24) is 4.83 Å². The van der Waals surface area contributed by atoms with Crippen LogP contribution in [0.15, 0.2) is 46.4 Å². The van der Waals surface area contributed by atoms with Crippen LogP contribution in [0.4, 0.5) is 0 Å². The van der Waals surface area contributed by atoms with Gasteiger partial charge >= 0.3 is 0 Å². The van der Waals surface area contributed by atoms with Crippen molar-refractivity contribution < 1.29 is 28.1 Å². The van der Waals surface area contributed by atoms with Gasteiger partial charge in [0.25, 0.3) is 10.0 Å². The van der Waals surface area contributed by atoms with Crippen LogP contribution in [0.5, 0.6) is 23.0 Å². The molecule has 2 rings (SSSR count). The van der Waals surface area contributed by atoms with E-state index in [1.54, 1.807) is 0 Å². The molecule has 8 nitrogen and oxygen atoms in total. The maximum absolute atomic E-state index is 12.3.